The number of amides is 2. The highest BCUT2D eigenvalue weighted by molar-refractivity contribution is 7.92. The highest BCUT2D eigenvalue weighted by Crippen LogP contribution is 2.36. The van der Waals surface area contributed by atoms with E-state index in [2.05, 4.69) is 5.32 Å². The van der Waals surface area contributed by atoms with E-state index in [4.69, 9.17) is 11.6 Å². The lowest BCUT2D eigenvalue weighted by Gasteiger charge is -2.33. The topological polar surface area (TPSA) is 86.8 Å². The highest BCUT2D eigenvalue weighted by Gasteiger charge is 2.35. The summed E-state index contributed by atoms with van der Waals surface area (Å²) in [5, 5.41) is 2.52. The first-order valence-electron chi connectivity index (χ1n) is 11.6. The van der Waals surface area contributed by atoms with Crippen LogP contribution in [0.25, 0.3) is 0 Å². The molecule has 2 aromatic rings. The van der Waals surface area contributed by atoms with Gasteiger partial charge in [-0.25, -0.2) is 8.42 Å². The zero-order valence-corrected chi connectivity index (χ0v) is 22.6. The van der Waals surface area contributed by atoms with Crippen molar-refractivity contribution in [3.8, 4) is 0 Å². The largest absolute Gasteiger partial charge is 0.416 e. The van der Waals surface area contributed by atoms with Crippen molar-refractivity contribution >= 4 is 39.1 Å². The number of nitrogens with one attached hydrogen (secondary N) is 1. The summed E-state index contributed by atoms with van der Waals surface area (Å²) in [7, 11) is -4.24. The molecule has 0 unspecified atom stereocenters. The van der Waals surface area contributed by atoms with E-state index in [0.717, 1.165) is 18.4 Å². The van der Waals surface area contributed by atoms with Crippen LogP contribution in [0.4, 0.5) is 18.9 Å². The summed E-state index contributed by atoms with van der Waals surface area (Å²) in [5.41, 5.74) is -0.910. The maximum atomic E-state index is 13.6. The van der Waals surface area contributed by atoms with Crippen LogP contribution >= 0.6 is 11.6 Å². The van der Waals surface area contributed by atoms with E-state index < -0.39 is 51.9 Å². The standard InChI is InChI=1S/C25H31ClF3N3O4S/c1-5-21(24(34)30-14-17(2)3)31(15-18-9-7-6-8-10-18)23(33)16-32(37(4,35)36)22-13-19(25(27,28)29)11-12-20(22)26/h6-13,17,21H,5,14-16H2,1-4H3,(H,30,34)/t21-/m0/s1. The molecule has 204 valence electrons. The van der Waals surface area contributed by atoms with Crippen molar-refractivity contribution < 1.29 is 31.2 Å². The molecule has 7 nitrogen and oxygen atoms in total. The van der Waals surface area contributed by atoms with Gasteiger partial charge in [-0.15, -0.1) is 0 Å². The molecule has 0 aliphatic heterocycles. The number of rotatable bonds is 11. The van der Waals surface area contributed by atoms with Crippen molar-refractivity contribution in [3.05, 3.63) is 64.7 Å². The summed E-state index contributed by atoms with van der Waals surface area (Å²) in [6.07, 6.45) is -3.76. The maximum absolute atomic E-state index is 13.6. The Morgan fingerprint density at radius 3 is 2.22 bits per heavy atom. The van der Waals surface area contributed by atoms with Crippen LogP contribution in [-0.2, 0) is 32.3 Å². The van der Waals surface area contributed by atoms with Gasteiger partial charge in [-0.3, -0.25) is 13.9 Å². The minimum absolute atomic E-state index is 0.0127. The van der Waals surface area contributed by atoms with Gasteiger partial charge < -0.3 is 10.2 Å². The lowest BCUT2D eigenvalue weighted by Crippen LogP contribution is -2.52. The first-order valence-corrected chi connectivity index (χ1v) is 13.8. The van der Waals surface area contributed by atoms with Gasteiger partial charge in [0.05, 0.1) is 22.5 Å². The van der Waals surface area contributed by atoms with Crippen molar-refractivity contribution in [2.75, 3.05) is 23.7 Å². The third kappa shape index (κ3) is 8.63. The van der Waals surface area contributed by atoms with E-state index in [1.807, 2.05) is 13.8 Å². The van der Waals surface area contributed by atoms with Crippen LogP contribution in [0.5, 0.6) is 0 Å². The zero-order chi connectivity index (χ0) is 28.0. The molecule has 2 aromatic carbocycles. The summed E-state index contributed by atoms with van der Waals surface area (Å²) in [6.45, 7) is 5.05. The van der Waals surface area contributed by atoms with E-state index in [1.54, 1.807) is 37.3 Å². The molecule has 37 heavy (non-hydrogen) atoms. The molecule has 0 spiro atoms. The molecule has 0 radical (unpaired) electrons. The Bertz CT molecular complexity index is 1190. The number of carbonyl (C=O) groups is 2. The number of hydrogen-bond acceptors (Lipinski definition) is 4. The van der Waals surface area contributed by atoms with Gasteiger partial charge in [-0.05, 0) is 36.1 Å². The Morgan fingerprint density at radius 1 is 1.08 bits per heavy atom. The molecular weight excluding hydrogens is 531 g/mol. The Hall–Kier alpha value is -2.79. The van der Waals surface area contributed by atoms with Crippen molar-refractivity contribution in [1.82, 2.24) is 10.2 Å². The van der Waals surface area contributed by atoms with Crippen LogP contribution in [-0.4, -0.2) is 50.5 Å². The number of halogens is 4. The molecule has 0 saturated heterocycles. The van der Waals surface area contributed by atoms with Crippen molar-refractivity contribution in [1.29, 1.82) is 0 Å². The van der Waals surface area contributed by atoms with Gasteiger partial charge in [0.15, 0.2) is 0 Å². The number of nitrogens with zero attached hydrogens (tertiary/aromatic N) is 2. The fourth-order valence-electron chi connectivity index (χ4n) is 3.60. The van der Waals surface area contributed by atoms with E-state index in [9.17, 15) is 31.2 Å². The Labute approximate surface area is 220 Å². The van der Waals surface area contributed by atoms with Crippen LogP contribution in [0.1, 0.15) is 38.3 Å². The molecule has 1 atom stereocenters. The van der Waals surface area contributed by atoms with E-state index in [0.29, 0.717) is 22.5 Å². The number of benzene rings is 2. The molecule has 1 N–H and O–H groups in total. The number of alkyl halides is 3. The van der Waals surface area contributed by atoms with Gasteiger partial charge in [-0.2, -0.15) is 13.2 Å². The molecule has 2 rings (SSSR count). The monoisotopic (exact) mass is 561 g/mol. The molecule has 0 fully saturated rings. The lowest BCUT2D eigenvalue weighted by molar-refractivity contribution is -0.140. The van der Waals surface area contributed by atoms with Crippen molar-refractivity contribution in [2.45, 2.75) is 46.0 Å². The van der Waals surface area contributed by atoms with Crippen LogP contribution < -0.4 is 9.62 Å². The van der Waals surface area contributed by atoms with Crippen LogP contribution in [0.2, 0.25) is 5.02 Å². The van der Waals surface area contributed by atoms with Crippen molar-refractivity contribution in [3.63, 3.8) is 0 Å². The number of sulfonamides is 1. The first kappa shape index (κ1) is 30.4. The van der Waals surface area contributed by atoms with Crippen LogP contribution in [0.15, 0.2) is 48.5 Å². The average molecular weight is 562 g/mol. The number of anilines is 1. The van der Waals surface area contributed by atoms with Crippen LogP contribution in [0.3, 0.4) is 0 Å². The van der Waals surface area contributed by atoms with Gasteiger partial charge in [0, 0.05) is 13.1 Å². The molecule has 0 heterocycles. The second kappa shape index (κ2) is 12.6. The Balaban J connectivity index is 2.50. The van der Waals surface area contributed by atoms with E-state index in [-0.39, 0.29) is 23.9 Å². The maximum Gasteiger partial charge on any atom is 0.416 e. The Kier molecular flexibility index (Phi) is 10.4. The van der Waals surface area contributed by atoms with Gasteiger partial charge in [0.2, 0.25) is 21.8 Å². The Morgan fingerprint density at radius 2 is 1.70 bits per heavy atom. The van der Waals surface area contributed by atoms with E-state index in [1.165, 1.54) is 4.90 Å². The summed E-state index contributed by atoms with van der Waals surface area (Å²) >= 11 is 6.09. The minimum Gasteiger partial charge on any atom is -0.354 e. The van der Waals surface area contributed by atoms with E-state index >= 15 is 0 Å². The fourth-order valence-corrected chi connectivity index (χ4v) is 4.72. The first-order chi connectivity index (χ1) is 17.1. The molecule has 0 bridgehead atoms. The summed E-state index contributed by atoms with van der Waals surface area (Å²) in [6, 6.07) is 10.1. The average Bonchev–Trinajstić information content (AvgIpc) is 2.80. The summed E-state index contributed by atoms with van der Waals surface area (Å²) in [4.78, 5) is 27.8. The molecule has 12 heteroatoms. The molecule has 0 aromatic heterocycles. The lowest BCUT2D eigenvalue weighted by atomic mass is 10.1. The normalized spacial score (nSPS) is 12.8. The molecular formula is C25H31ClF3N3O4S. The second-order valence-corrected chi connectivity index (χ2v) is 11.3. The summed E-state index contributed by atoms with van der Waals surface area (Å²) < 4.78 is 65.8. The second-order valence-electron chi connectivity index (χ2n) is 9.00. The van der Waals surface area contributed by atoms with Gasteiger partial charge in [0.25, 0.3) is 0 Å². The summed E-state index contributed by atoms with van der Waals surface area (Å²) in [5.74, 6) is -1.03. The minimum atomic E-state index is -4.76. The predicted molar refractivity (Wildman–Crippen MR) is 138 cm³/mol. The third-order valence-corrected chi connectivity index (χ3v) is 6.93. The fraction of sp³-hybridized carbons (Fsp3) is 0.440. The highest BCUT2D eigenvalue weighted by atomic mass is 35.5. The SMILES string of the molecule is CC[C@@H](C(=O)NCC(C)C)N(Cc1ccccc1)C(=O)CN(c1cc(C(F)(F)F)ccc1Cl)S(C)(=O)=O. The van der Waals surface area contributed by atoms with Crippen molar-refractivity contribution in [2.24, 2.45) is 5.92 Å². The van der Waals surface area contributed by atoms with Gasteiger partial charge >= 0.3 is 6.18 Å². The zero-order valence-electron chi connectivity index (χ0n) is 21.0. The number of hydrogen-bond donors (Lipinski definition) is 1. The van der Waals surface area contributed by atoms with Gasteiger partial charge in [-0.1, -0.05) is 62.7 Å². The smallest absolute Gasteiger partial charge is 0.354 e. The van der Waals surface area contributed by atoms with Gasteiger partial charge in [0.1, 0.15) is 12.6 Å². The number of carbonyl (C=O) groups excluding carboxylic acids is 2. The molecule has 0 aliphatic rings. The quantitative estimate of drug-likeness (QED) is 0.431. The molecule has 2 amide bonds. The molecule has 0 saturated carbocycles. The predicted octanol–water partition coefficient (Wildman–Crippen LogP) is 4.70. The third-order valence-electron chi connectivity index (χ3n) is 5.49. The van der Waals surface area contributed by atoms with Crippen LogP contribution in [0, 0.1) is 5.92 Å². The molecule has 0 aliphatic carbocycles.